The number of benzene rings is 2. The molecule has 0 saturated carbocycles. The van der Waals surface area contributed by atoms with Gasteiger partial charge in [-0.05, 0) is 43.5 Å². The number of nitrogens with one attached hydrogen (secondary N) is 1. The van der Waals surface area contributed by atoms with Crippen LogP contribution in [0.4, 0.5) is 11.5 Å². The van der Waals surface area contributed by atoms with E-state index in [2.05, 4.69) is 25.1 Å². The van der Waals surface area contributed by atoms with Gasteiger partial charge >= 0.3 is 0 Å². The summed E-state index contributed by atoms with van der Waals surface area (Å²) in [6.45, 7) is 6.98. The monoisotopic (exact) mass is 673 g/mol. The van der Waals surface area contributed by atoms with Crippen LogP contribution in [0.5, 0.6) is 23.0 Å². The Morgan fingerprint density at radius 3 is 2.56 bits per heavy atom. The van der Waals surface area contributed by atoms with Crippen molar-refractivity contribution in [3.05, 3.63) is 84.6 Å². The molecular formula is C38H39N7O5. The number of nitrogens with zero attached hydrogens (tertiary/aromatic N) is 6. The predicted octanol–water partition coefficient (Wildman–Crippen LogP) is 5.94. The van der Waals surface area contributed by atoms with E-state index in [0.29, 0.717) is 46.9 Å². The molecule has 2 aromatic carbocycles. The molecule has 12 nitrogen and oxygen atoms in total. The molecule has 4 aliphatic rings. The number of anilines is 2. The van der Waals surface area contributed by atoms with Crippen molar-refractivity contribution in [1.29, 1.82) is 0 Å². The number of ether oxygens (including phenoxy) is 4. The highest BCUT2D eigenvalue weighted by Crippen LogP contribution is 2.45. The Balaban J connectivity index is 0.958. The summed E-state index contributed by atoms with van der Waals surface area (Å²) in [7, 11) is 1.62. The maximum atomic E-state index is 13.5. The van der Waals surface area contributed by atoms with Crippen molar-refractivity contribution in [2.75, 3.05) is 69.9 Å². The first-order valence-electron chi connectivity index (χ1n) is 17.2. The summed E-state index contributed by atoms with van der Waals surface area (Å²) in [5, 5.41) is 3.65. The molecule has 0 aliphatic carbocycles. The molecule has 2 saturated heterocycles. The number of carbonyl (C=O) groups excluding carboxylic acids is 1. The maximum absolute atomic E-state index is 13.5. The van der Waals surface area contributed by atoms with Crippen molar-refractivity contribution in [1.82, 2.24) is 24.8 Å². The zero-order valence-corrected chi connectivity index (χ0v) is 28.0. The lowest BCUT2D eigenvalue weighted by atomic mass is 9.85. The molecule has 0 spiro atoms. The first-order valence-corrected chi connectivity index (χ1v) is 17.2. The van der Waals surface area contributed by atoms with Gasteiger partial charge in [-0.15, -0.1) is 0 Å². The minimum Gasteiger partial charge on any atom is -0.493 e. The largest absolute Gasteiger partial charge is 0.493 e. The quantitative estimate of drug-likeness (QED) is 0.168. The van der Waals surface area contributed by atoms with Gasteiger partial charge in [-0.1, -0.05) is 30.3 Å². The molecule has 4 aliphatic heterocycles. The van der Waals surface area contributed by atoms with Crippen LogP contribution in [0, 0.1) is 0 Å². The standard InChI is InChI=1S/C38H39N7O5/c1-47-31-22-28-29(23-32(31)49-19-5-14-44-17-20-48-21-18-44)39-13-10-30(28)50-27-8-9-33(40-24-27)41-38(46)37-42-34(25-6-3-2-4-7-25)36-35(43-37)26-11-15-45(36)16-12-26/h2-4,6-10,13,22-24,26H,5,11-12,14-21H2,1H3,(H,40,41,46). The number of amides is 1. The van der Waals surface area contributed by atoms with Crippen molar-refractivity contribution in [3.63, 3.8) is 0 Å². The third-order valence-electron chi connectivity index (χ3n) is 9.53. The van der Waals surface area contributed by atoms with Crippen molar-refractivity contribution in [2.45, 2.75) is 25.2 Å². The summed E-state index contributed by atoms with van der Waals surface area (Å²) in [6.07, 6.45) is 6.23. The molecule has 5 aromatic rings. The van der Waals surface area contributed by atoms with Crippen molar-refractivity contribution in [3.8, 4) is 34.3 Å². The zero-order chi connectivity index (χ0) is 33.9. The Hall–Kier alpha value is -5.33. The third kappa shape index (κ3) is 6.64. The number of aromatic nitrogens is 4. The van der Waals surface area contributed by atoms with E-state index in [-0.39, 0.29) is 5.82 Å². The molecular weight excluding hydrogens is 634 g/mol. The van der Waals surface area contributed by atoms with E-state index in [4.69, 9.17) is 28.9 Å². The molecule has 50 heavy (non-hydrogen) atoms. The number of hydrogen-bond acceptors (Lipinski definition) is 11. The summed E-state index contributed by atoms with van der Waals surface area (Å²) in [4.78, 5) is 36.8. The summed E-state index contributed by atoms with van der Waals surface area (Å²) in [6, 6.07) is 19.0. The van der Waals surface area contributed by atoms with Gasteiger partial charge in [0.2, 0.25) is 5.82 Å². The maximum Gasteiger partial charge on any atom is 0.294 e. The lowest BCUT2D eigenvalue weighted by Gasteiger charge is -2.42. The zero-order valence-electron chi connectivity index (χ0n) is 28.0. The summed E-state index contributed by atoms with van der Waals surface area (Å²) in [5.74, 6) is 2.75. The molecule has 2 fully saturated rings. The molecule has 1 N–H and O–H groups in total. The van der Waals surface area contributed by atoms with E-state index in [1.165, 1.54) is 0 Å². The lowest BCUT2D eigenvalue weighted by molar-refractivity contribution is 0.0357. The molecule has 0 radical (unpaired) electrons. The van der Waals surface area contributed by atoms with Gasteiger partial charge in [-0.2, -0.15) is 0 Å². The van der Waals surface area contributed by atoms with E-state index < -0.39 is 5.91 Å². The Morgan fingerprint density at radius 2 is 1.78 bits per heavy atom. The highest BCUT2D eigenvalue weighted by Gasteiger charge is 2.36. The van der Waals surface area contributed by atoms with Gasteiger partial charge in [0, 0.05) is 61.9 Å². The minimum absolute atomic E-state index is 0.135. The Labute approximate surface area is 290 Å². The van der Waals surface area contributed by atoms with Crippen LogP contribution in [0.15, 0.2) is 73.1 Å². The topological polar surface area (TPSA) is 124 Å². The Morgan fingerprint density at radius 1 is 0.940 bits per heavy atom. The third-order valence-corrected chi connectivity index (χ3v) is 9.53. The molecule has 3 aromatic heterocycles. The van der Waals surface area contributed by atoms with E-state index in [1.807, 2.05) is 42.5 Å². The van der Waals surface area contributed by atoms with Crippen LogP contribution < -0.4 is 24.4 Å². The van der Waals surface area contributed by atoms with Gasteiger partial charge in [-0.25, -0.2) is 15.0 Å². The van der Waals surface area contributed by atoms with Gasteiger partial charge in [0.05, 0.1) is 55.7 Å². The molecule has 9 rings (SSSR count). The second-order valence-corrected chi connectivity index (χ2v) is 12.7. The van der Waals surface area contributed by atoms with Crippen molar-refractivity contribution in [2.24, 2.45) is 0 Å². The average Bonchev–Trinajstić information content (AvgIpc) is 3.18. The number of fused-ring (bicyclic) bond motifs is 3. The molecule has 0 unspecified atom stereocenters. The van der Waals surface area contributed by atoms with E-state index in [0.717, 1.165) is 93.2 Å². The van der Waals surface area contributed by atoms with Crippen molar-refractivity contribution < 1.29 is 23.7 Å². The van der Waals surface area contributed by atoms with Crippen molar-refractivity contribution >= 4 is 28.3 Å². The number of carbonyl (C=O) groups is 1. The first-order chi connectivity index (χ1) is 24.6. The smallest absolute Gasteiger partial charge is 0.294 e. The summed E-state index contributed by atoms with van der Waals surface area (Å²) in [5.41, 5.74) is 4.50. The highest BCUT2D eigenvalue weighted by molar-refractivity contribution is 6.02. The lowest BCUT2D eigenvalue weighted by Crippen LogP contribution is -2.40. The van der Waals surface area contributed by atoms with Crippen LogP contribution in [0.3, 0.4) is 0 Å². The molecule has 1 amide bonds. The SMILES string of the molecule is COc1cc2c(Oc3ccc(NC(=O)c4nc(-c5ccccc5)c5c(n4)C4CCN5CC4)nc3)ccnc2cc1OCCCN1CCOCC1. The second-order valence-electron chi connectivity index (χ2n) is 12.7. The van der Waals surface area contributed by atoms with Gasteiger partial charge in [0.25, 0.3) is 5.91 Å². The molecule has 12 heteroatoms. The fourth-order valence-corrected chi connectivity index (χ4v) is 6.94. The van der Waals surface area contributed by atoms with Crippen LogP contribution >= 0.6 is 0 Å². The first kappa shape index (κ1) is 31.9. The number of rotatable bonds is 11. The van der Waals surface area contributed by atoms with E-state index >= 15 is 0 Å². The normalized spacial score (nSPS) is 15.9. The summed E-state index contributed by atoms with van der Waals surface area (Å²) >= 11 is 0. The highest BCUT2D eigenvalue weighted by atomic mass is 16.5. The van der Waals surface area contributed by atoms with Crippen LogP contribution in [0.25, 0.3) is 22.2 Å². The van der Waals surface area contributed by atoms with Gasteiger partial charge in [0.1, 0.15) is 17.3 Å². The number of hydrogen-bond donors (Lipinski definition) is 1. The number of morpholine rings is 1. The van der Waals surface area contributed by atoms with Crippen LogP contribution in [0.2, 0.25) is 0 Å². The van der Waals surface area contributed by atoms with E-state index in [1.54, 1.807) is 37.7 Å². The summed E-state index contributed by atoms with van der Waals surface area (Å²) < 4.78 is 23.5. The molecule has 256 valence electrons. The molecule has 2 bridgehead atoms. The Bertz CT molecular complexity index is 1980. The average molecular weight is 674 g/mol. The molecule has 7 heterocycles. The predicted molar refractivity (Wildman–Crippen MR) is 190 cm³/mol. The minimum atomic E-state index is -0.408. The number of pyridine rings is 2. The Kier molecular flexibility index (Phi) is 9.10. The number of piperidine rings is 1. The fourth-order valence-electron chi connectivity index (χ4n) is 6.94. The second kappa shape index (κ2) is 14.3. The van der Waals surface area contributed by atoms with Crippen LogP contribution in [-0.4, -0.2) is 90.4 Å². The fraction of sp³-hybridized carbons (Fsp3) is 0.342. The number of methoxy groups -OCH3 is 1. The molecule has 0 atom stereocenters. The van der Waals surface area contributed by atoms with Gasteiger partial charge in [-0.3, -0.25) is 14.7 Å². The van der Waals surface area contributed by atoms with Crippen LogP contribution in [0.1, 0.15) is 41.5 Å². The van der Waals surface area contributed by atoms with Gasteiger partial charge in [0.15, 0.2) is 11.5 Å². The van der Waals surface area contributed by atoms with Crippen LogP contribution in [-0.2, 0) is 4.74 Å². The van der Waals surface area contributed by atoms with Gasteiger partial charge < -0.3 is 29.2 Å². The van der Waals surface area contributed by atoms with E-state index in [9.17, 15) is 4.79 Å².